The molecule has 4 atom stereocenters. The Hall–Kier alpha value is 0.0569. The van der Waals surface area contributed by atoms with Crippen LogP contribution in [0.25, 0.3) is 0 Å². The second-order valence-electron chi connectivity index (χ2n) is 12.2. The van der Waals surface area contributed by atoms with Crippen molar-refractivity contribution < 1.29 is 19.0 Å². The first kappa shape index (κ1) is 32.1. The Morgan fingerprint density at radius 2 is 1.38 bits per heavy atom. The van der Waals surface area contributed by atoms with Gasteiger partial charge < -0.3 is 19.0 Å². The van der Waals surface area contributed by atoms with Gasteiger partial charge in [-0.15, -0.1) is 0 Å². The lowest BCUT2D eigenvalue weighted by atomic mass is 10.00. The fourth-order valence-electron chi connectivity index (χ4n) is 4.31. The fraction of sp³-hybridized carbons (Fsp3) is 1.00. The van der Waals surface area contributed by atoms with E-state index in [1.54, 1.807) is 0 Å². The first-order chi connectivity index (χ1) is 16.2. The molecule has 0 aromatic carbocycles. The standard InChI is InChI=1S/C29H60O4Si/c1-8-10-19-31-20-17-15-13-12-14-16-18-27(33-34(6,7)29(3,4)5)28(32-21-11-9-2)23-25-22-26(25)24-30/h25-28,30H,8-24H2,1-7H3/t25-,26+,27+,28-/m0/s1. The van der Waals surface area contributed by atoms with E-state index in [4.69, 9.17) is 13.9 Å². The van der Waals surface area contributed by atoms with E-state index >= 15 is 0 Å². The minimum absolute atomic E-state index is 0.169. The molecule has 0 amide bonds. The van der Waals surface area contributed by atoms with Gasteiger partial charge in [0, 0.05) is 26.4 Å². The van der Waals surface area contributed by atoms with Crippen molar-refractivity contribution >= 4 is 8.32 Å². The highest BCUT2D eigenvalue weighted by Gasteiger charge is 2.44. The van der Waals surface area contributed by atoms with Gasteiger partial charge >= 0.3 is 0 Å². The maximum Gasteiger partial charge on any atom is 0.192 e. The number of aliphatic hydroxyl groups excluding tert-OH is 1. The molecule has 1 aliphatic rings. The molecule has 0 unspecified atom stereocenters. The summed E-state index contributed by atoms with van der Waals surface area (Å²) in [5.74, 6) is 1.10. The number of ether oxygens (including phenoxy) is 2. The summed E-state index contributed by atoms with van der Waals surface area (Å²) in [7, 11) is -1.88. The van der Waals surface area contributed by atoms with Gasteiger partial charge in [0.15, 0.2) is 8.32 Å². The maximum absolute atomic E-state index is 9.58. The Morgan fingerprint density at radius 3 is 1.97 bits per heavy atom. The van der Waals surface area contributed by atoms with Crippen molar-refractivity contribution in [3.05, 3.63) is 0 Å². The summed E-state index contributed by atoms with van der Waals surface area (Å²) in [4.78, 5) is 0. The number of hydrogen-bond donors (Lipinski definition) is 1. The van der Waals surface area contributed by atoms with Crippen LogP contribution in [0.2, 0.25) is 18.1 Å². The van der Waals surface area contributed by atoms with Gasteiger partial charge in [-0.25, -0.2) is 0 Å². The van der Waals surface area contributed by atoms with E-state index in [1.165, 1.54) is 51.4 Å². The summed E-state index contributed by atoms with van der Waals surface area (Å²) in [5.41, 5.74) is 0. The van der Waals surface area contributed by atoms with Gasteiger partial charge in [-0.1, -0.05) is 79.6 Å². The lowest BCUT2D eigenvalue weighted by molar-refractivity contribution is -0.0437. The van der Waals surface area contributed by atoms with Crippen LogP contribution >= 0.6 is 0 Å². The number of unbranched alkanes of at least 4 members (excludes halogenated alkanes) is 7. The molecule has 1 rings (SSSR count). The van der Waals surface area contributed by atoms with Crippen molar-refractivity contribution in [3.63, 3.8) is 0 Å². The van der Waals surface area contributed by atoms with Gasteiger partial charge in [-0.05, 0) is 68.5 Å². The van der Waals surface area contributed by atoms with E-state index < -0.39 is 8.32 Å². The topological polar surface area (TPSA) is 47.9 Å². The van der Waals surface area contributed by atoms with Crippen LogP contribution < -0.4 is 0 Å². The van der Waals surface area contributed by atoms with E-state index in [-0.39, 0.29) is 17.2 Å². The molecule has 0 aromatic heterocycles. The molecule has 0 spiro atoms. The summed E-state index contributed by atoms with van der Waals surface area (Å²) in [6.45, 7) is 19.2. The second kappa shape index (κ2) is 17.5. The SMILES string of the molecule is CCCCOCCCCCCCC[C@@H](O[Si](C)(C)C(C)(C)C)[C@H](C[C@@H]1C[C@@H]1CO)OCCCC. The van der Waals surface area contributed by atoms with Gasteiger partial charge in [0.25, 0.3) is 0 Å². The van der Waals surface area contributed by atoms with Crippen LogP contribution in [0.4, 0.5) is 0 Å². The Balaban J connectivity index is 2.56. The molecule has 34 heavy (non-hydrogen) atoms. The van der Waals surface area contributed by atoms with Gasteiger partial charge in [-0.3, -0.25) is 0 Å². The van der Waals surface area contributed by atoms with Crippen molar-refractivity contribution in [1.29, 1.82) is 0 Å². The monoisotopic (exact) mass is 500 g/mol. The minimum atomic E-state index is -1.88. The van der Waals surface area contributed by atoms with Crippen LogP contribution in [-0.2, 0) is 13.9 Å². The zero-order valence-corrected chi connectivity index (χ0v) is 25.0. The molecule has 0 bridgehead atoms. The normalized spacial score (nSPS) is 20.5. The number of hydrogen-bond acceptors (Lipinski definition) is 4. The average Bonchev–Trinajstić information content (AvgIpc) is 3.53. The fourth-order valence-corrected chi connectivity index (χ4v) is 5.69. The highest BCUT2D eigenvalue weighted by atomic mass is 28.4. The quantitative estimate of drug-likeness (QED) is 0.120. The molecule has 0 radical (unpaired) electrons. The minimum Gasteiger partial charge on any atom is -0.411 e. The third-order valence-electron chi connectivity index (χ3n) is 8.00. The van der Waals surface area contributed by atoms with E-state index in [0.29, 0.717) is 18.4 Å². The van der Waals surface area contributed by atoms with Crippen molar-refractivity contribution in [2.75, 3.05) is 26.4 Å². The van der Waals surface area contributed by atoms with Crippen molar-refractivity contribution in [3.8, 4) is 0 Å². The summed E-state index contributed by atoms with van der Waals surface area (Å²) in [6, 6.07) is 0. The molecule has 4 nitrogen and oxygen atoms in total. The van der Waals surface area contributed by atoms with Crippen LogP contribution in [0, 0.1) is 11.8 Å². The molecule has 0 saturated heterocycles. The van der Waals surface area contributed by atoms with Crippen LogP contribution in [0.15, 0.2) is 0 Å². The Morgan fingerprint density at radius 1 is 0.794 bits per heavy atom. The average molecular weight is 501 g/mol. The second-order valence-corrected chi connectivity index (χ2v) is 17.0. The summed E-state index contributed by atoms with van der Waals surface area (Å²) < 4.78 is 19.2. The van der Waals surface area contributed by atoms with Crippen LogP contribution in [0.3, 0.4) is 0 Å². The van der Waals surface area contributed by atoms with Crippen LogP contribution in [0.1, 0.15) is 118 Å². The van der Waals surface area contributed by atoms with Crippen LogP contribution in [-0.4, -0.2) is 52.1 Å². The van der Waals surface area contributed by atoms with Crippen molar-refractivity contribution in [2.45, 2.75) is 148 Å². The smallest absolute Gasteiger partial charge is 0.192 e. The van der Waals surface area contributed by atoms with E-state index in [1.807, 2.05) is 0 Å². The lowest BCUT2D eigenvalue weighted by Gasteiger charge is -2.41. The third-order valence-corrected chi connectivity index (χ3v) is 12.5. The zero-order valence-electron chi connectivity index (χ0n) is 24.0. The molecule has 1 fully saturated rings. The van der Waals surface area contributed by atoms with Crippen molar-refractivity contribution in [1.82, 2.24) is 0 Å². The van der Waals surface area contributed by atoms with Crippen molar-refractivity contribution in [2.24, 2.45) is 11.8 Å². The molecule has 0 aliphatic heterocycles. The highest BCUT2D eigenvalue weighted by molar-refractivity contribution is 6.74. The van der Waals surface area contributed by atoms with Gasteiger partial charge in [0.1, 0.15) is 0 Å². The van der Waals surface area contributed by atoms with E-state index in [9.17, 15) is 5.11 Å². The summed E-state index contributed by atoms with van der Waals surface area (Å²) in [5, 5.41) is 9.78. The molecule has 0 aromatic rings. The van der Waals surface area contributed by atoms with Gasteiger partial charge in [0.2, 0.25) is 0 Å². The summed E-state index contributed by atoms with van der Waals surface area (Å²) in [6.07, 6.45) is 15.9. The number of rotatable bonds is 22. The molecule has 204 valence electrons. The predicted octanol–water partition coefficient (Wildman–Crippen LogP) is 8.13. The predicted molar refractivity (Wildman–Crippen MR) is 148 cm³/mol. The molecular weight excluding hydrogens is 440 g/mol. The molecule has 5 heteroatoms. The lowest BCUT2D eigenvalue weighted by Crippen LogP contribution is -2.48. The Kier molecular flexibility index (Phi) is 16.5. The van der Waals surface area contributed by atoms with Gasteiger partial charge in [0.05, 0.1) is 12.2 Å². The first-order valence-corrected chi connectivity index (χ1v) is 17.5. The molecule has 1 N–H and O–H groups in total. The van der Waals surface area contributed by atoms with Crippen LogP contribution in [0.5, 0.6) is 0 Å². The third kappa shape index (κ3) is 13.4. The number of aliphatic hydroxyl groups is 1. The molecule has 1 aliphatic carbocycles. The molecule has 0 heterocycles. The summed E-state index contributed by atoms with van der Waals surface area (Å²) >= 11 is 0. The van der Waals surface area contributed by atoms with E-state index in [2.05, 4.69) is 47.7 Å². The molecular formula is C29H60O4Si. The Bertz CT molecular complexity index is 491. The maximum atomic E-state index is 9.58. The molecule has 1 saturated carbocycles. The zero-order chi connectivity index (χ0) is 25.5. The Labute approximate surface area is 214 Å². The van der Waals surface area contributed by atoms with Gasteiger partial charge in [-0.2, -0.15) is 0 Å². The highest BCUT2D eigenvalue weighted by Crippen LogP contribution is 2.44. The first-order valence-electron chi connectivity index (χ1n) is 14.6. The largest absolute Gasteiger partial charge is 0.411 e. The van der Waals surface area contributed by atoms with E-state index in [0.717, 1.165) is 51.9 Å².